The number of carbonyl (C=O) groups is 1. The van der Waals surface area contributed by atoms with Gasteiger partial charge in [0.1, 0.15) is 0 Å². The minimum absolute atomic E-state index is 0.124. The Morgan fingerprint density at radius 3 is 3.00 bits per heavy atom. The van der Waals surface area contributed by atoms with Crippen molar-refractivity contribution >= 4 is 17.4 Å². The number of hydrogen-bond acceptors (Lipinski definition) is 4. The molecule has 2 amide bonds. The molecule has 2 aromatic rings. The van der Waals surface area contributed by atoms with Crippen LogP contribution < -0.4 is 10.6 Å². The number of ether oxygens (including phenoxy) is 1. The molecule has 3 heterocycles. The van der Waals surface area contributed by atoms with Crippen molar-refractivity contribution in [1.82, 2.24) is 15.6 Å². The lowest BCUT2D eigenvalue weighted by Gasteiger charge is -2.23. The van der Waals surface area contributed by atoms with Crippen LogP contribution in [0.2, 0.25) is 0 Å². The topological polar surface area (TPSA) is 63.2 Å². The van der Waals surface area contributed by atoms with E-state index in [0.717, 1.165) is 42.2 Å². The summed E-state index contributed by atoms with van der Waals surface area (Å²) in [5.41, 5.74) is 1.99. The van der Waals surface area contributed by atoms with E-state index < -0.39 is 0 Å². The fraction of sp³-hybridized carbons (Fsp3) is 0.375. The van der Waals surface area contributed by atoms with Gasteiger partial charge in [0.05, 0.1) is 10.6 Å². The van der Waals surface area contributed by atoms with Crippen LogP contribution in [0.15, 0.2) is 35.8 Å². The second-order valence-electron chi connectivity index (χ2n) is 5.24. The lowest BCUT2D eigenvalue weighted by molar-refractivity contribution is 0.0801. The summed E-state index contributed by atoms with van der Waals surface area (Å²) in [4.78, 5) is 17.4. The predicted octanol–water partition coefficient (Wildman–Crippen LogP) is 2.79. The Bertz CT molecular complexity index is 610. The molecule has 0 radical (unpaired) electrons. The number of rotatable bonds is 4. The van der Waals surface area contributed by atoms with Crippen LogP contribution in [0.25, 0.3) is 10.6 Å². The summed E-state index contributed by atoms with van der Waals surface area (Å²) in [6.45, 7) is 1.94. The third-order valence-corrected chi connectivity index (χ3v) is 4.50. The smallest absolute Gasteiger partial charge is 0.315 e. The van der Waals surface area contributed by atoms with Gasteiger partial charge in [0.15, 0.2) is 0 Å². The number of nitrogens with zero attached hydrogens (tertiary/aromatic N) is 1. The van der Waals surface area contributed by atoms with Crippen molar-refractivity contribution in [3.8, 4) is 10.6 Å². The van der Waals surface area contributed by atoms with E-state index in [4.69, 9.17) is 4.74 Å². The molecule has 2 aromatic heterocycles. The molecule has 2 N–H and O–H groups in total. The minimum atomic E-state index is -0.124. The number of aromatic nitrogens is 1. The van der Waals surface area contributed by atoms with Gasteiger partial charge in [-0.15, -0.1) is 11.3 Å². The maximum atomic E-state index is 11.9. The first kappa shape index (κ1) is 15.0. The maximum absolute atomic E-state index is 11.9. The number of hydrogen-bond donors (Lipinski definition) is 2. The van der Waals surface area contributed by atoms with Gasteiger partial charge in [-0.2, -0.15) is 0 Å². The van der Waals surface area contributed by atoms with E-state index in [9.17, 15) is 4.79 Å². The van der Waals surface area contributed by atoms with E-state index in [-0.39, 0.29) is 12.1 Å². The van der Waals surface area contributed by atoms with Crippen molar-refractivity contribution in [1.29, 1.82) is 0 Å². The zero-order valence-corrected chi connectivity index (χ0v) is 13.1. The number of urea groups is 1. The molecule has 1 aliphatic heterocycles. The predicted molar refractivity (Wildman–Crippen MR) is 86.8 cm³/mol. The molecular weight excluding hydrogens is 298 g/mol. The van der Waals surface area contributed by atoms with Crippen LogP contribution in [0.5, 0.6) is 0 Å². The summed E-state index contributed by atoms with van der Waals surface area (Å²) in [6, 6.07) is 8.08. The Labute approximate surface area is 133 Å². The molecule has 0 bridgehead atoms. The zero-order chi connectivity index (χ0) is 15.2. The van der Waals surface area contributed by atoms with Crippen molar-refractivity contribution in [2.24, 2.45) is 0 Å². The zero-order valence-electron chi connectivity index (χ0n) is 12.2. The second kappa shape index (κ2) is 7.38. The standard InChI is InChI=1S/C16H19N3O2S/c20-16(19-13-4-7-21-8-5-13)18-11-12-3-6-17-14(10-12)15-2-1-9-22-15/h1-3,6,9-10,13H,4-5,7-8,11H2,(H2,18,19,20). The van der Waals surface area contributed by atoms with Crippen molar-refractivity contribution in [2.45, 2.75) is 25.4 Å². The molecule has 0 aromatic carbocycles. The molecule has 0 unspecified atom stereocenters. The third-order valence-electron chi connectivity index (χ3n) is 3.61. The van der Waals surface area contributed by atoms with Crippen LogP contribution in [0, 0.1) is 0 Å². The van der Waals surface area contributed by atoms with Crippen LogP contribution in [0.1, 0.15) is 18.4 Å². The highest BCUT2D eigenvalue weighted by Gasteiger charge is 2.15. The Morgan fingerprint density at radius 1 is 1.36 bits per heavy atom. The Balaban J connectivity index is 1.52. The van der Waals surface area contributed by atoms with Gasteiger partial charge in [-0.25, -0.2) is 4.79 Å². The molecule has 22 heavy (non-hydrogen) atoms. The second-order valence-corrected chi connectivity index (χ2v) is 6.19. The molecule has 5 nitrogen and oxygen atoms in total. The summed E-state index contributed by atoms with van der Waals surface area (Å²) in [7, 11) is 0. The van der Waals surface area contributed by atoms with Crippen molar-refractivity contribution < 1.29 is 9.53 Å². The number of carbonyl (C=O) groups excluding carboxylic acids is 1. The van der Waals surface area contributed by atoms with Gasteiger partial charge >= 0.3 is 6.03 Å². The monoisotopic (exact) mass is 317 g/mol. The highest BCUT2D eigenvalue weighted by Crippen LogP contribution is 2.22. The first-order valence-electron chi connectivity index (χ1n) is 7.42. The average molecular weight is 317 g/mol. The molecule has 0 atom stereocenters. The summed E-state index contributed by atoms with van der Waals surface area (Å²) in [5.74, 6) is 0. The Morgan fingerprint density at radius 2 is 2.23 bits per heavy atom. The highest BCUT2D eigenvalue weighted by molar-refractivity contribution is 7.13. The fourth-order valence-corrected chi connectivity index (χ4v) is 3.10. The van der Waals surface area contributed by atoms with Gasteiger partial charge in [-0.1, -0.05) is 6.07 Å². The van der Waals surface area contributed by atoms with Gasteiger partial charge in [0.2, 0.25) is 0 Å². The van der Waals surface area contributed by atoms with E-state index in [1.54, 1.807) is 17.5 Å². The van der Waals surface area contributed by atoms with E-state index >= 15 is 0 Å². The summed E-state index contributed by atoms with van der Waals surface area (Å²) < 4.78 is 5.28. The first-order chi connectivity index (χ1) is 10.8. The molecule has 0 saturated carbocycles. The molecule has 0 aliphatic carbocycles. The van der Waals surface area contributed by atoms with E-state index in [1.165, 1.54) is 0 Å². The first-order valence-corrected chi connectivity index (χ1v) is 8.30. The molecule has 6 heteroatoms. The largest absolute Gasteiger partial charge is 0.381 e. The van der Waals surface area contributed by atoms with Crippen molar-refractivity contribution in [3.05, 3.63) is 41.4 Å². The maximum Gasteiger partial charge on any atom is 0.315 e. The number of amides is 2. The van der Waals surface area contributed by atoms with Crippen LogP contribution in [-0.2, 0) is 11.3 Å². The van der Waals surface area contributed by atoms with Crippen LogP contribution >= 0.6 is 11.3 Å². The van der Waals surface area contributed by atoms with E-state index in [1.807, 2.05) is 29.6 Å². The summed E-state index contributed by atoms with van der Waals surface area (Å²) in [5, 5.41) is 7.92. The number of thiophene rings is 1. The van der Waals surface area contributed by atoms with Gasteiger partial charge in [-0.05, 0) is 42.0 Å². The van der Waals surface area contributed by atoms with E-state index in [0.29, 0.717) is 6.54 Å². The quantitative estimate of drug-likeness (QED) is 0.911. The average Bonchev–Trinajstić information content (AvgIpc) is 3.09. The molecule has 1 fully saturated rings. The lowest BCUT2D eigenvalue weighted by atomic mass is 10.1. The SMILES string of the molecule is O=C(NCc1ccnc(-c2cccs2)c1)NC1CCOCC1. The normalized spacial score (nSPS) is 15.5. The number of pyridine rings is 1. The van der Waals surface area contributed by atoms with Crippen LogP contribution in [0.4, 0.5) is 4.79 Å². The third kappa shape index (κ3) is 4.05. The van der Waals surface area contributed by atoms with Crippen molar-refractivity contribution in [2.75, 3.05) is 13.2 Å². The molecular formula is C16H19N3O2S. The highest BCUT2D eigenvalue weighted by atomic mass is 32.1. The Hall–Kier alpha value is -1.92. The summed E-state index contributed by atoms with van der Waals surface area (Å²) in [6.07, 6.45) is 3.54. The molecule has 3 rings (SSSR count). The minimum Gasteiger partial charge on any atom is -0.381 e. The lowest BCUT2D eigenvalue weighted by Crippen LogP contribution is -2.44. The van der Waals surface area contributed by atoms with Crippen LogP contribution in [0.3, 0.4) is 0 Å². The van der Waals surface area contributed by atoms with Crippen molar-refractivity contribution in [3.63, 3.8) is 0 Å². The van der Waals surface area contributed by atoms with Gasteiger partial charge in [0, 0.05) is 32.0 Å². The molecule has 1 saturated heterocycles. The van der Waals surface area contributed by atoms with E-state index in [2.05, 4.69) is 15.6 Å². The fourth-order valence-electron chi connectivity index (χ4n) is 2.40. The molecule has 116 valence electrons. The summed E-state index contributed by atoms with van der Waals surface area (Å²) >= 11 is 1.66. The van der Waals surface area contributed by atoms with Gasteiger partial charge in [-0.3, -0.25) is 4.98 Å². The van der Waals surface area contributed by atoms with Gasteiger partial charge in [0.25, 0.3) is 0 Å². The van der Waals surface area contributed by atoms with Crippen LogP contribution in [-0.4, -0.2) is 30.3 Å². The number of nitrogens with one attached hydrogen (secondary N) is 2. The Kier molecular flexibility index (Phi) is 5.03. The van der Waals surface area contributed by atoms with Gasteiger partial charge < -0.3 is 15.4 Å². The molecule has 1 aliphatic rings. The molecule has 0 spiro atoms.